The summed E-state index contributed by atoms with van der Waals surface area (Å²) in [7, 11) is -4.30. The molecule has 12 nitrogen and oxygen atoms in total. The molecule has 3 atom stereocenters. The van der Waals surface area contributed by atoms with E-state index in [1.54, 1.807) is 64.6 Å². The van der Waals surface area contributed by atoms with Gasteiger partial charge < -0.3 is 24.7 Å². The smallest absolute Gasteiger partial charge is 0.407 e. The van der Waals surface area contributed by atoms with Crippen molar-refractivity contribution in [2.75, 3.05) is 25.1 Å². The molecule has 294 valence electrons. The Morgan fingerprint density at radius 2 is 1.68 bits per heavy atom. The number of anilines is 1. The van der Waals surface area contributed by atoms with Crippen LogP contribution in [0.4, 0.5) is 14.9 Å². The highest BCUT2D eigenvalue weighted by Crippen LogP contribution is 2.41. The standard InChI is InChI=1S/C39H57FN4O8S/c1-7-44(24(2)3)53(49,50)37(47)33-22-28-21-29(17-18-32(28)51-33)41-35(45)34-30(25-11-9-8-10-12-25)19-20-43(34)36(46)27-15-13-26(14-16-27)31(23-40)42-38(48)52-39(4,5)6/h17-18,21-22,24-27,30-31,34H,7-16,19-20,23H2,1-6H3,(H,41,45)(H,42,48)/t26?,27?,30-,31+,34-/m0/s1. The van der Waals surface area contributed by atoms with Crippen molar-refractivity contribution in [2.45, 2.75) is 129 Å². The van der Waals surface area contributed by atoms with Crippen LogP contribution < -0.4 is 10.6 Å². The number of likely N-dealkylation sites (tertiary alicyclic amines) is 1. The number of carbonyl (C=O) groups is 4. The van der Waals surface area contributed by atoms with Gasteiger partial charge in [-0.3, -0.25) is 14.4 Å². The van der Waals surface area contributed by atoms with Crippen molar-refractivity contribution in [3.8, 4) is 0 Å². The van der Waals surface area contributed by atoms with Crippen LogP contribution in [0.3, 0.4) is 0 Å². The number of hydrogen-bond donors (Lipinski definition) is 2. The van der Waals surface area contributed by atoms with Crippen molar-refractivity contribution in [3.05, 3.63) is 30.0 Å². The lowest BCUT2D eigenvalue weighted by Gasteiger charge is -2.37. The van der Waals surface area contributed by atoms with Crippen LogP contribution in [-0.4, -0.2) is 84.1 Å². The van der Waals surface area contributed by atoms with E-state index in [1.807, 2.05) is 0 Å². The summed E-state index contributed by atoms with van der Waals surface area (Å²) in [5.41, 5.74) is 0.0485. The van der Waals surface area contributed by atoms with Crippen LogP contribution in [0.5, 0.6) is 0 Å². The molecule has 2 heterocycles. The average molecular weight is 761 g/mol. The molecule has 0 radical (unpaired) electrons. The van der Waals surface area contributed by atoms with Gasteiger partial charge in [-0.15, -0.1) is 0 Å². The molecule has 2 aromatic rings. The Kier molecular flexibility index (Phi) is 12.9. The fourth-order valence-corrected chi connectivity index (χ4v) is 10.1. The Morgan fingerprint density at radius 3 is 2.28 bits per heavy atom. The van der Waals surface area contributed by atoms with E-state index in [4.69, 9.17) is 9.15 Å². The quantitative estimate of drug-likeness (QED) is 0.247. The fourth-order valence-electron chi connectivity index (χ4n) is 8.68. The lowest BCUT2D eigenvalue weighted by Crippen LogP contribution is -2.50. The van der Waals surface area contributed by atoms with Gasteiger partial charge in [-0.1, -0.05) is 39.0 Å². The summed E-state index contributed by atoms with van der Waals surface area (Å²) >= 11 is 0. The highest BCUT2D eigenvalue weighted by molar-refractivity contribution is 8.04. The molecular formula is C39H57FN4O8S. The number of alkyl carbamates (subject to hydrolysis) is 1. The largest absolute Gasteiger partial charge is 0.452 e. The molecule has 2 saturated carbocycles. The summed E-state index contributed by atoms with van der Waals surface area (Å²) in [6, 6.07) is 4.49. The first-order valence-corrected chi connectivity index (χ1v) is 20.7. The van der Waals surface area contributed by atoms with Crippen LogP contribution >= 0.6 is 0 Å². The van der Waals surface area contributed by atoms with E-state index < -0.39 is 51.6 Å². The number of benzene rings is 1. The third kappa shape index (κ3) is 9.41. The molecule has 2 N–H and O–H groups in total. The Bertz CT molecular complexity index is 1740. The summed E-state index contributed by atoms with van der Waals surface area (Å²) in [4.78, 5) is 55.6. The molecule has 0 spiro atoms. The average Bonchev–Trinajstić information content (AvgIpc) is 3.75. The molecule has 0 unspecified atom stereocenters. The molecule has 5 rings (SSSR count). The number of nitrogens with one attached hydrogen (secondary N) is 2. The van der Waals surface area contributed by atoms with Crippen molar-refractivity contribution < 1.29 is 41.1 Å². The van der Waals surface area contributed by atoms with Crippen LogP contribution in [0, 0.1) is 23.7 Å². The maximum Gasteiger partial charge on any atom is 0.407 e. The van der Waals surface area contributed by atoms with Gasteiger partial charge in [0.05, 0.1) is 6.04 Å². The fraction of sp³-hybridized carbons (Fsp3) is 0.692. The van der Waals surface area contributed by atoms with Crippen LogP contribution in [0.25, 0.3) is 11.0 Å². The Hall–Kier alpha value is -3.52. The Balaban J connectivity index is 1.30. The number of ether oxygens (including phenoxy) is 1. The minimum absolute atomic E-state index is 0.0130. The Labute approximate surface area is 313 Å². The number of furan rings is 1. The van der Waals surface area contributed by atoms with Gasteiger partial charge >= 0.3 is 11.2 Å². The molecule has 3 fully saturated rings. The Morgan fingerprint density at radius 1 is 1.00 bits per heavy atom. The number of rotatable bonds is 11. The second kappa shape index (κ2) is 16.9. The van der Waals surface area contributed by atoms with Gasteiger partial charge in [0.1, 0.15) is 23.9 Å². The number of amides is 3. The first-order chi connectivity index (χ1) is 25.0. The highest BCUT2D eigenvalue weighted by atomic mass is 32.2. The summed E-state index contributed by atoms with van der Waals surface area (Å²) < 4.78 is 52.2. The van der Waals surface area contributed by atoms with Crippen molar-refractivity contribution >= 4 is 49.7 Å². The number of nitrogens with zero attached hydrogens (tertiary/aromatic N) is 2. The summed E-state index contributed by atoms with van der Waals surface area (Å²) in [6.07, 6.45) is 7.70. The second-order valence-electron chi connectivity index (χ2n) is 16.3. The number of sulfonamides is 1. The van der Waals surface area contributed by atoms with Crippen LogP contribution in [-0.2, 0) is 24.3 Å². The van der Waals surface area contributed by atoms with Gasteiger partial charge in [-0.25, -0.2) is 17.6 Å². The molecule has 0 bridgehead atoms. The molecule has 1 aromatic carbocycles. The van der Waals surface area contributed by atoms with Crippen molar-refractivity contribution in [3.63, 3.8) is 0 Å². The van der Waals surface area contributed by atoms with Crippen molar-refractivity contribution in [1.82, 2.24) is 14.5 Å². The summed E-state index contributed by atoms with van der Waals surface area (Å²) in [5, 5.41) is 5.04. The predicted molar refractivity (Wildman–Crippen MR) is 200 cm³/mol. The van der Waals surface area contributed by atoms with Crippen LogP contribution in [0.2, 0.25) is 0 Å². The lowest BCUT2D eigenvalue weighted by atomic mass is 9.76. The molecule has 1 saturated heterocycles. The van der Waals surface area contributed by atoms with Gasteiger partial charge in [0.25, 0.3) is 10.0 Å². The molecule has 53 heavy (non-hydrogen) atoms. The molecule has 3 aliphatic rings. The van der Waals surface area contributed by atoms with Crippen LogP contribution in [0.15, 0.2) is 28.7 Å². The lowest BCUT2D eigenvalue weighted by molar-refractivity contribution is -0.142. The number of halogens is 1. The zero-order valence-corrected chi connectivity index (χ0v) is 32.8. The summed E-state index contributed by atoms with van der Waals surface area (Å²) in [5.74, 6) is -0.731. The van der Waals surface area contributed by atoms with E-state index >= 15 is 0 Å². The minimum Gasteiger partial charge on any atom is -0.452 e. The number of fused-ring (bicyclic) bond motifs is 1. The normalized spacial score (nSPS) is 23.7. The minimum atomic E-state index is -4.30. The number of hydrogen-bond acceptors (Lipinski definition) is 8. The molecule has 1 aromatic heterocycles. The van der Waals surface area contributed by atoms with Crippen LogP contribution in [0.1, 0.15) is 116 Å². The van der Waals surface area contributed by atoms with Crippen molar-refractivity contribution in [2.24, 2.45) is 23.7 Å². The maximum atomic E-state index is 14.2. The van der Waals surface area contributed by atoms with Gasteiger partial charge in [0.15, 0.2) is 5.76 Å². The topological polar surface area (TPSA) is 155 Å². The monoisotopic (exact) mass is 760 g/mol. The predicted octanol–water partition coefficient (Wildman–Crippen LogP) is 7.04. The van der Waals surface area contributed by atoms with Gasteiger partial charge in [-0.2, -0.15) is 4.31 Å². The van der Waals surface area contributed by atoms with E-state index in [0.29, 0.717) is 54.8 Å². The van der Waals surface area contributed by atoms with E-state index in [9.17, 15) is 32.0 Å². The molecule has 1 aliphatic heterocycles. The van der Waals surface area contributed by atoms with Gasteiger partial charge in [0.2, 0.25) is 11.8 Å². The number of alkyl halides is 1. The molecule has 2 aliphatic carbocycles. The highest BCUT2D eigenvalue weighted by Gasteiger charge is 2.47. The van der Waals surface area contributed by atoms with Gasteiger partial charge in [0, 0.05) is 36.1 Å². The SMILES string of the molecule is CCN(C(C)C)S(=O)(=O)C(=O)c1cc2cc(NC(=O)[C@@H]3[C@H](C4CCCCC4)CCN3C(=O)C3CCC([C@@H](CF)NC(=O)OC(C)(C)C)CC3)ccc2o1. The second-order valence-corrected chi connectivity index (χ2v) is 18.1. The number of carbonyl (C=O) groups excluding carboxylic acids is 4. The molecule has 14 heteroatoms. The zero-order valence-electron chi connectivity index (χ0n) is 32.0. The maximum absolute atomic E-state index is 14.2. The summed E-state index contributed by atoms with van der Waals surface area (Å²) in [6.45, 7) is 10.2. The van der Waals surface area contributed by atoms with Crippen molar-refractivity contribution in [1.29, 1.82) is 0 Å². The van der Waals surface area contributed by atoms with E-state index in [2.05, 4.69) is 10.6 Å². The zero-order chi connectivity index (χ0) is 38.7. The van der Waals surface area contributed by atoms with Gasteiger partial charge in [-0.05, 0) is 109 Å². The third-order valence-corrected chi connectivity index (χ3v) is 13.2. The third-order valence-electron chi connectivity index (χ3n) is 11.2. The molecule has 3 amide bonds. The van der Waals surface area contributed by atoms with E-state index in [1.165, 1.54) is 12.5 Å². The van der Waals surface area contributed by atoms with E-state index in [0.717, 1.165) is 36.4 Å². The first-order valence-electron chi connectivity index (χ1n) is 19.3. The first kappa shape index (κ1) is 40.7. The van der Waals surface area contributed by atoms with E-state index in [-0.39, 0.29) is 41.9 Å². The molecular weight excluding hydrogens is 704 g/mol.